The molecule has 0 aliphatic rings. The van der Waals surface area contributed by atoms with Gasteiger partial charge in [0.05, 0.1) is 34.0 Å². The minimum Gasteiger partial charge on any atom is -0.310 e. The highest BCUT2D eigenvalue weighted by molar-refractivity contribution is 6.11. The normalized spacial score (nSPS) is 11.0. The fraction of sp³-hybridized carbons (Fsp3) is 0.0385. The van der Waals surface area contributed by atoms with Gasteiger partial charge in [-0.05, 0) is 103 Å². The fourth-order valence-electron chi connectivity index (χ4n) is 7.43. The molecular formula is C52H40N4. The molecule has 0 spiro atoms. The van der Waals surface area contributed by atoms with Crippen molar-refractivity contribution in [3.8, 4) is 16.9 Å². The van der Waals surface area contributed by atoms with Crippen molar-refractivity contribution in [2.45, 2.75) is 13.3 Å². The maximum atomic E-state index is 4.88. The number of benzene rings is 8. The Morgan fingerprint density at radius 1 is 0.464 bits per heavy atom. The number of aryl methyl sites for hydroxylation is 1. The van der Waals surface area contributed by atoms with Crippen LogP contribution < -0.4 is 4.90 Å². The first kappa shape index (κ1) is 34.5. The van der Waals surface area contributed by atoms with E-state index in [2.05, 4.69) is 185 Å². The van der Waals surface area contributed by atoms with Crippen LogP contribution in [0.2, 0.25) is 0 Å². The Bertz CT molecular complexity index is 2830. The SMILES string of the molecule is Cc1ccccc1.c1ccc(Cc2ccc3c(c2)c2cc(N(c4ccccc4)c4ccccc4)ccc2n3-c2ccc(-c3cnc4ccccc4n3)cc2)cc1. The predicted octanol–water partition coefficient (Wildman–Crippen LogP) is 13.4. The lowest BCUT2D eigenvalue weighted by atomic mass is 10.0. The van der Waals surface area contributed by atoms with Crippen LogP contribution in [0.5, 0.6) is 0 Å². The van der Waals surface area contributed by atoms with Gasteiger partial charge in [0, 0.05) is 39.1 Å². The highest BCUT2D eigenvalue weighted by Gasteiger charge is 2.18. The number of hydrogen-bond donors (Lipinski definition) is 0. The quantitative estimate of drug-likeness (QED) is 0.164. The van der Waals surface area contributed by atoms with Crippen LogP contribution >= 0.6 is 0 Å². The third-order valence-electron chi connectivity index (χ3n) is 10.2. The van der Waals surface area contributed by atoms with Crippen LogP contribution in [0, 0.1) is 6.92 Å². The molecule has 4 heteroatoms. The summed E-state index contributed by atoms with van der Waals surface area (Å²) >= 11 is 0. The van der Waals surface area contributed by atoms with E-state index < -0.39 is 0 Å². The number of fused-ring (bicyclic) bond motifs is 4. The van der Waals surface area contributed by atoms with Gasteiger partial charge >= 0.3 is 0 Å². The smallest absolute Gasteiger partial charge is 0.0894 e. The predicted molar refractivity (Wildman–Crippen MR) is 234 cm³/mol. The molecule has 268 valence electrons. The van der Waals surface area contributed by atoms with E-state index >= 15 is 0 Å². The van der Waals surface area contributed by atoms with E-state index in [0.717, 1.165) is 57.0 Å². The standard InChI is InChI=1S/C45H32N4.C7H8/c1-4-12-32(13-5-1)28-33-20-26-44-39(29-33)40-30-38(48(35-14-6-2-7-15-35)36-16-8-3-9-17-36)25-27-45(40)49(44)37-23-21-34(22-24-37)43-31-46-41-18-10-11-19-42(41)47-43;1-7-5-3-2-4-6-7/h1-27,29-31H,28H2;2-6H,1H3. The molecule has 2 aromatic heterocycles. The van der Waals surface area contributed by atoms with Gasteiger partial charge < -0.3 is 9.47 Å². The van der Waals surface area contributed by atoms with Gasteiger partial charge in [0.15, 0.2) is 0 Å². The molecule has 8 aromatic carbocycles. The molecule has 0 saturated heterocycles. The number of para-hydroxylation sites is 4. The monoisotopic (exact) mass is 720 g/mol. The van der Waals surface area contributed by atoms with Crippen LogP contribution in [0.3, 0.4) is 0 Å². The summed E-state index contributed by atoms with van der Waals surface area (Å²) in [4.78, 5) is 11.9. The number of nitrogens with zero attached hydrogens (tertiary/aromatic N) is 4. The van der Waals surface area contributed by atoms with Gasteiger partial charge in [-0.25, -0.2) is 4.98 Å². The third-order valence-corrected chi connectivity index (χ3v) is 10.2. The van der Waals surface area contributed by atoms with Crippen LogP contribution in [0.4, 0.5) is 17.1 Å². The maximum absolute atomic E-state index is 4.88. The van der Waals surface area contributed by atoms with Crippen molar-refractivity contribution in [3.63, 3.8) is 0 Å². The zero-order valence-electron chi connectivity index (χ0n) is 31.2. The number of aromatic nitrogens is 3. The molecule has 0 unspecified atom stereocenters. The molecule has 0 bridgehead atoms. The average molecular weight is 721 g/mol. The minimum absolute atomic E-state index is 0.865. The average Bonchev–Trinajstić information content (AvgIpc) is 3.58. The molecule has 56 heavy (non-hydrogen) atoms. The van der Waals surface area contributed by atoms with Crippen molar-refractivity contribution < 1.29 is 0 Å². The molecule has 0 aliphatic heterocycles. The zero-order valence-corrected chi connectivity index (χ0v) is 31.2. The lowest BCUT2D eigenvalue weighted by Crippen LogP contribution is -2.09. The number of hydrogen-bond acceptors (Lipinski definition) is 3. The van der Waals surface area contributed by atoms with Crippen molar-refractivity contribution in [2.75, 3.05) is 4.90 Å². The molecule has 0 aliphatic carbocycles. The Balaban J connectivity index is 0.000000530. The van der Waals surface area contributed by atoms with Crippen molar-refractivity contribution in [1.29, 1.82) is 0 Å². The Morgan fingerprint density at radius 3 is 1.64 bits per heavy atom. The van der Waals surface area contributed by atoms with Crippen LogP contribution in [0.15, 0.2) is 212 Å². The van der Waals surface area contributed by atoms with Crippen molar-refractivity contribution in [3.05, 3.63) is 229 Å². The molecular weight excluding hydrogens is 681 g/mol. The Kier molecular flexibility index (Phi) is 9.59. The highest BCUT2D eigenvalue weighted by atomic mass is 15.1. The van der Waals surface area contributed by atoms with Crippen LogP contribution in [-0.4, -0.2) is 14.5 Å². The lowest BCUT2D eigenvalue weighted by Gasteiger charge is -2.25. The summed E-state index contributed by atoms with van der Waals surface area (Å²) in [5.41, 5.74) is 14.4. The Hall–Kier alpha value is -7.30. The third kappa shape index (κ3) is 7.16. The topological polar surface area (TPSA) is 34.0 Å². The summed E-state index contributed by atoms with van der Waals surface area (Å²) in [6, 6.07) is 72.6. The molecule has 0 N–H and O–H groups in total. The van der Waals surface area contributed by atoms with Gasteiger partial charge in [-0.2, -0.15) is 0 Å². The van der Waals surface area contributed by atoms with Gasteiger partial charge in [-0.3, -0.25) is 4.98 Å². The largest absolute Gasteiger partial charge is 0.310 e. The molecule has 10 rings (SSSR count). The van der Waals surface area contributed by atoms with Gasteiger partial charge in [0.1, 0.15) is 0 Å². The van der Waals surface area contributed by atoms with Crippen LogP contribution in [-0.2, 0) is 6.42 Å². The molecule has 0 saturated carbocycles. The van der Waals surface area contributed by atoms with E-state index in [0.29, 0.717) is 0 Å². The number of rotatable bonds is 7. The van der Waals surface area contributed by atoms with Crippen LogP contribution in [0.1, 0.15) is 16.7 Å². The van der Waals surface area contributed by atoms with Gasteiger partial charge in [-0.1, -0.05) is 133 Å². The van der Waals surface area contributed by atoms with E-state index in [-0.39, 0.29) is 0 Å². The van der Waals surface area contributed by atoms with Crippen molar-refractivity contribution >= 4 is 49.9 Å². The molecule has 0 fully saturated rings. The molecule has 0 amide bonds. The maximum Gasteiger partial charge on any atom is 0.0894 e. The number of anilines is 3. The van der Waals surface area contributed by atoms with E-state index in [1.807, 2.05) is 48.7 Å². The Morgan fingerprint density at radius 2 is 1.02 bits per heavy atom. The first-order chi connectivity index (χ1) is 27.7. The molecule has 4 nitrogen and oxygen atoms in total. The summed E-state index contributed by atoms with van der Waals surface area (Å²) in [6.07, 6.45) is 2.74. The highest BCUT2D eigenvalue weighted by Crippen LogP contribution is 2.40. The first-order valence-corrected chi connectivity index (χ1v) is 19.0. The molecule has 0 atom stereocenters. The molecule has 2 heterocycles. The molecule has 10 aromatic rings. The summed E-state index contributed by atoms with van der Waals surface area (Å²) in [7, 11) is 0. The minimum atomic E-state index is 0.865. The van der Waals surface area contributed by atoms with Crippen molar-refractivity contribution in [1.82, 2.24) is 14.5 Å². The summed E-state index contributed by atoms with van der Waals surface area (Å²) in [5.74, 6) is 0. The van der Waals surface area contributed by atoms with E-state index in [1.165, 1.54) is 33.0 Å². The summed E-state index contributed by atoms with van der Waals surface area (Å²) < 4.78 is 2.38. The van der Waals surface area contributed by atoms with E-state index in [1.54, 1.807) is 0 Å². The first-order valence-electron chi connectivity index (χ1n) is 19.0. The molecule has 0 radical (unpaired) electrons. The second-order valence-corrected chi connectivity index (χ2v) is 14.0. The summed E-state index contributed by atoms with van der Waals surface area (Å²) in [6.45, 7) is 2.08. The Labute approximate surface area is 327 Å². The van der Waals surface area contributed by atoms with Gasteiger partial charge in [0.2, 0.25) is 0 Å². The second-order valence-electron chi connectivity index (χ2n) is 14.0. The lowest BCUT2D eigenvalue weighted by molar-refractivity contribution is 1.17. The zero-order chi connectivity index (χ0) is 37.7. The van der Waals surface area contributed by atoms with E-state index in [4.69, 9.17) is 4.98 Å². The van der Waals surface area contributed by atoms with Gasteiger partial charge in [-0.15, -0.1) is 0 Å². The fourth-order valence-corrected chi connectivity index (χ4v) is 7.43. The van der Waals surface area contributed by atoms with Crippen LogP contribution in [0.25, 0.3) is 49.8 Å². The summed E-state index contributed by atoms with van der Waals surface area (Å²) in [5, 5.41) is 2.44. The van der Waals surface area contributed by atoms with Crippen molar-refractivity contribution in [2.24, 2.45) is 0 Å². The van der Waals surface area contributed by atoms with Gasteiger partial charge in [0.25, 0.3) is 0 Å². The second kappa shape index (κ2) is 15.6. The van der Waals surface area contributed by atoms with E-state index in [9.17, 15) is 0 Å².